The minimum Gasteiger partial charge on any atom is -0.348 e. The number of piperidine rings is 1. The van der Waals surface area contributed by atoms with Crippen molar-refractivity contribution in [3.8, 4) is 0 Å². The minimum absolute atomic E-state index is 0.0170. The Labute approximate surface area is 197 Å². The molecule has 33 heavy (non-hydrogen) atoms. The molecule has 1 aromatic carbocycles. The molecular weight excluding hydrogens is 412 g/mol. The van der Waals surface area contributed by atoms with Gasteiger partial charge in [0.1, 0.15) is 0 Å². The number of nitrogens with one attached hydrogen (secondary N) is 1. The molecule has 0 spiro atoms. The molecule has 1 N–H and O–H groups in total. The summed E-state index contributed by atoms with van der Waals surface area (Å²) in [5.74, 6) is 0.136. The fourth-order valence-corrected chi connectivity index (χ4v) is 4.85. The van der Waals surface area contributed by atoms with Gasteiger partial charge in [-0.2, -0.15) is 0 Å². The second-order valence-electron chi connectivity index (χ2n) is 9.36. The number of aryl methyl sites for hydroxylation is 1. The highest BCUT2D eigenvalue weighted by molar-refractivity contribution is 5.94. The molecular formula is C27H36N4O2. The summed E-state index contributed by atoms with van der Waals surface area (Å²) in [6.07, 6.45) is 11.3. The number of carbonyl (C=O) groups excluding carboxylic acids is 2. The fourth-order valence-electron chi connectivity index (χ4n) is 4.85. The largest absolute Gasteiger partial charge is 0.348 e. The lowest BCUT2D eigenvalue weighted by atomic mass is 10.0. The number of hydrogen-bond donors (Lipinski definition) is 1. The lowest BCUT2D eigenvalue weighted by Gasteiger charge is -2.33. The van der Waals surface area contributed by atoms with Crippen molar-refractivity contribution in [2.24, 2.45) is 0 Å². The molecule has 1 unspecified atom stereocenters. The van der Waals surface area contributed by atoms with Crippen LogP contribution < -0.4 is 5.32 Å². The first-order chi connectivity index (χ1) is 16.2. The average molecular weight is 449 g/mol. The summed E-state index contributed by atoms with van der Waals surface area (Å²) in [7, 11) is 0. The van der Waals surface area contributed by atoms with E-state index >= 15 is 0 Å². The Balaban J connectivity index is 1.20. The summed E-state index contributed by atoms with van der Waals surface area (Å²) in [4.78, 5) is 34.0. The highest BCUT2D eigenvalue weighted by Crippen LogP contribution is 2.15. The van der Waals surface area contributed by atoms with Crippen molar-refractivity contribution in [1.29, 1.82) is 0 Å². The van der Waals surface area contributed by atoms with E-state index in [1.807, 2.05) is 35.4 Å². The first-order valence-electron chi connectivity index (χ1n) is 12.5. The molecule has 2 aliphatic rings. The number of amides is 2. The summed E-state index contributed by atoms with van der Waals surface area (Å²) >= 11 is 0. The Bertz CT molecular complexity index is 894. The number of rotatable bonds is 9. The van der Waals surface area contributed by atoms with E-state index in [1.165, 1.54) is 31.5 Å². The lowest BCUT2D eigenvalue weighted by Crippen LogP contribution is -2.49. The third-order valence-corrected chi connectivity index (χ3v) is 6.82. The molecule has 4 rings (SSSR count). The molecule has 2 aromatic rings. The van der Waals surface area contributed by atoms with E-state index in [2.05, 4.69) is 27.3 Å². The van der Waals surface area contributed by atoms with Gasteiger partial charge in [-0.15, -0.1) is 0 Å². The van der Waals surface area contributed by atoms with Crippen molar-refractivity contribution in [3.05, 3.63) is 65.5 Å². The molecule has 6 heteroatoms. The zero-order chi connectivity index (χ0) is 22.9. The van der Waals surface area contributed by atoms with Gasteiger partial charge in [0, 0.05) is 50.1 Å². The zero-order valence-electron chi connectivity index (χ0n) is 19.5. The van der Waals surface area contributed by atoms with Crippen LogP contribution in [0.4, 0.5) is 0 Å². The van der Waals surface area contributed by atoms with Gasteiger partial charge < -0.3 is 15.1 Å². The maximum atomic E-state index is 12.8. The Morgan fingerprint density at radius 2 is 1.79 bits per heavy atom. The minimum atomic E-state index is -0.0445. The lowest BCUT2D eigenvalue weighted by molar-refractivity contribution is -0.132. The normalized spacial score (nSPS) is 18.9. The van der Waals surface area contributed by atoms with Gasteiger partial charge in [0.25, 0.3) is 5.91 Å². The van der Waals surface area contributed by atoms with Crippen LogP contribution in [-0.4, -0.2) is 65.4 Å². The van der Waals surface area contributed by atoms with E-state index < -0.39 is 0 Å². The van der Waals surface area contributed by atoms with Gasteiger partial charge in [-0.25, -0.2) is 0 Å². The topological polar surface area (TPSA) is 65.5 Å². The standard InChI is InChI=1S/C27H36N4O2/c32-26(9-3-6-23-7-4-15-28-20-23)31-18-5-8-25(21-31)29-27(33)24-12-10-22(11-13-24)14-19-30-16-1-2-17-30/h4,7,10-13,15,20,25H,1-3,5-6,8-9,14,16-19,21H2,(H,29,33). The van der Waals surface area contributed by atoms with Gasteiger partial charge in [0.2, 0.25) is 5.91 Å². The van der Waals surface area contributed by atoms with Crippen molar-refractivity contribution in [2.75, 3.05) is 32.7 Å². The van der Waals surface area contributed by atoms with Crippen LogP contribution >= 0.6 is 0 Å². The number of benzene rings is 1. The van der Waals surface area contributed by atoms with Gasteiger partial charge in [-0.05, 0) is 87.4 Å². The molecule has 2 amide bonds. The highest BCUT2D eigenvalue weighted by atomic mass is 16.2. The van der Waals surface area contributed by atoms with Crippen molar-refractivity contribution >= 4 is 11.8 Å². The van der Waals surface area contributed by atoms with E-state index in [0.717, 1.165) is 50.8 Å². The van der Waals surface area contributed by atoms with Gasteiger partial charge >= 0.3 is 0 Å². The molecule has 0 saturated carbocycles. The van der Waals surface area contributed by atoms with Crippen LogP contribution in [-0.2, 0) is 17.6 Å². The number of likely N-dealkylation sites (tertiary alicyclic amines) is 2. The van der Waals surface area contributed by atoms with Crippen LogP contribution in [0.5, 0.6) is 0 Å². The second kappa shape index (κ2) is 11.9. The number of hydrogen-bond acceptors (Lipinski definition) is 4. The quantitative estimate of drug-likeness (QED) is 0.638. The van der Waals surface area contributed by atoms with Crippen LogP contribution in [0.15, 0.2) is 48.8 Å². The van der Waals surface area contributed by atoms with Crippen molar-refractivity contribution < 1.29 is 9.59 Å². The van der Waals surface area contributed by atoms with Gasteiger partial charge in [0.15, 0.2) is 0 Å². The highest BCUT2D eigenvalue weighted by Gasteiger charge is 2.24. The van der Waals surface area contributed by atoms with Gasteiger partial charge in [0.05, 0.1) is 0 Å². The predicted octanol–water partition coefficient (Wildman–Crippen LogP) is 3.46. The maximum absolute atomic E-state index is 12.8. The molecule has 2 aliphatic heterocycles. The Kier molecular flexibility index (Phi) is 8.47. The van der Waals surface area contributed by atoms with Crippen LogP contribution in [0.25, 0.3) is 0 Å². The van der Waals surface area contributed by atoms with Gasteiger partial charge in [-0.1, -0.05) is 18.2 Å². The summed E-state index contributed by atoms with van der Waals surface area (Å²) < 4.78 is 0. The van der Waals surface area contributed by atoms with Crippen molar-refractivity contribution in [2.45, 2.75) is 57.4 Å². The van der Waals surface area contributed by atoms with E-state index in [0.29, 0.717) is 18.5 Å². The Morgan fingerprint density at radius 3 is 2.55 bits per heavy atom. The molecule has 1 aromatic heterocycles. The summed E-state index contributed by atoms with van der Waals surface area (Å²) in [6.45, 7) is 4.91. The first kappa shape index (κ1) is 23.4. The predicted molar refractivity (Wildman–Crippen MR) is 130 cm³/mol. The first-order valence-corrected chi connectivity index (χ1v) is 12.5. The van der Waals surface area contributed by atoms with Crippen molar-refractivity contribution in [1.82, 2.24) is 20.1 Å². The molecule has 2 saturated heterocycles. The molecule has 2 fully saturated rings. The van der Waals surface area contributed by atoms with Crippen LogP contribution in [0.2, 0.25) is 0 Å². The van der Waals surface area contributed by atoms with Crippen LogP contribution in [0.3, 0.4) is 0 Å². The third-order valence-electron chi connectivity index (χ3n) is 6.82. The Hall–Kier alpha value is -2.73. The monoisotopic (exact) mass is 448 g/mol. The number of carbonyl (C=O) groups is 2. The number of aromatic nitrogens is 1. The van der Waals surface area contributed by atoms with E-state index in [-0.39, 0.29) is 17.9 Å². The van der Waals surface area contributed by atoms with E-state index in [4.69, 9.17) is 0 Å². The van der Waals surface area contributed by atoms with Crippen LogP contribution in [0, 0.1) is 0 Å². The molecule has 6 nitrogen and oxygen atoms in total. The molecule has 3 heterocycles. The molecule has 176 valence electrons. The smallest absolute Gasteiger partial charge is 0.251 e. The molecule has 1 atom stereocenters. The SMILES string of the molecule is O=C(NC1CCCN(C(=O)CCCc2cccnc2)C1)c1ccc(CCN2CCCC2)cc1. The van der Waals surface area contributed by atoms with Gasteiger partial charge in [-0.3, -0.25) is 14.6 Å². The van der Waals surface area contributed by atoms with E-state index in [1.54, 1.807) is 6.20 Å². The fraction of sp³-hybridized carbons (Fsp3) is 0.519. The number of nitrogens with zero attached hydrogens (tertiary/aromatic N) is 3. The number of pyridine rings is 1. The maximum Gasteiger partial charge on any atom is 0.251 e. The summed E-state index contributed by atoms with van der Waals surface area (Å²) in [5.41, 5.74) is 3.13. The van der Waals surface area contributed by atoms with E-state index in [9.17, 15) is 9.59 Å². The molecule has 0 bridgehead atoms. The summed E-state index contributed by atoms with van der Waals surface area (Å²) in [5, 5.41) is 3.15. The summed E-state index contributed by atoms with van der Waals surface area (Å²) in [6, 6.07) is 12.0. The van der Waals surface area contributed by atoms with Crippen LogP contribution in [0.1, 0.15) is 60.0 Å². The molecule has 0 radical (unpaired) electrons. The zero-order valence-corrected chi connectivity index (χ0v) is 19.5. The van der Waals surface area contributed by atoms with Crippen molar-refractivity contribution in [3.63, 3.8) is 0 Å². The molecule has 0 aliphatic carbocycles. The average Bonchev–Trinajstić information content (AvgIpc) is 3.38. The third kappa shape index (κ3) is 7.13. The Morgan fingerprint density at radius 1 is 0.970 bits per heavy atom. The second-order valence-corrected chi connectivity index (χ2v) is 9.36.